The van der Waals surface area contributed by atoms with Gasteiger partial charge in [0.05, 0.1) is 5.56 Å². The van der Waals surface area contributed by atoms with Gasteiger partial charge in [-0.1, -0.05) is 30.3 Å². The van der Waals surface area contributed by atoms with E-state index >= 15 is 0 Å². The molecule has 0 spiro atoms. The predicted molar refractivity (Wildman–Crippen MR) is 109 cm³/mol. The summed E-state index contributed by atoms with van der Waals surface area (Å²) >= 11 is 0. The molecular weight excluding hydrogens is 366 g/mol. The van der Waals surface area contributed by atoms with E-state index in [4.69, 9.17) is 4.74 Å². The second-order valence-corrected chi connectivity index (χ2v) is 6.45. The second-order valence-electron chi connectivity index (χ2n) is 6.45. The van der Waals surface area contributed by atoms with Crippen LogP contribution in [0.1, 0.15) is 21.6 Å². The van der Waals surface area contributed by atoms with Crippen molar-refractivity contribution in [3.05, 3.63) is 94.0 Å². The van der Waals surface area contributed by atoms with Crippen LogP contribution in [-0.2, 0) is 0 Å². The number of aryl methyl sites for hydroxylation is 1. The molecule has 2 heterocycles. The molecule has 4 aromatic rings. The van der Waals surface area contributed by atoms with Crippen LogP contribution in [0.2, 0.25) is 0 Å². The van der Waals surface area contributed by atoms with Crippen molar-refractivity contribution in [2.75, 3.05) is 0 Å². The Bertz CT molecular complexity index is 1340. The average Bonchev–Trinajstić information content (AvgIpc) is 2.74. The third-order valence-electron chi connectivity index (χ3n) is 4.50. The summed E-state index contributed by atoms with van der Waals surface area (Å²) in [5.41, 5.74) is 1.73. The van der Waals surface area contributed by atoms with E-state index in [1.54, 1.807) is 61.7 Å². The number of carbonyl (C=O) groups excluding carboxylic acids is 1. The molecule has 2 aromatic carbocycles. The highest BCUT2D eigenvalue weighted by Crippen LogP contribution is 2.37. The first-order valence-electron chi connectivity index (χ1n) is 8.88. The van der Waals surface area contributed by atoms with Gasteiger partial charge in [-0.3, -0.25) is 9.78 Å². The molecule has 0 amide bonds. The van der Waals surface area contributed by atoms with Crippen LogP contribution in [0.3, 0.4) is 0 Å². The summed E-state index contributed by atoms with van der Waals surface area (Å²) < 4.78 is 5.76. The molecule has 6 heteroatoms. The third-order valence-corrected chi connectivity index (χ3v) is 4.50. The van der Waals surface area contributed by atoms with Gasteiger partial charge in [0, 0.05) is 28.4 Å². The van der Waals surface area contributed by atoms with Crippen LogP contribution < -0.4 is 10.3 Å². The van der Waals surface area contributed by atoms with Crippen LogP contribution in [0, 0.1) is 18.3 Å². The first-order chi connectivity index (χ1) is 14.1. The van der Waals surface area contributed by atoms with Gasteiger partial charge in [0.15, 0.2) is 5.75 Å². The Labute approximate surface area is 166 Å². The number of rotatable bonds is 3. The lowest BCUT2D eigenvalue weighted by Crippen LogP contribution is -2.14. The standard InChI is InChI=1S/C23H15N3O3/c1-14-12-18(19(13-24)22(27)26-14)17-10-9-15-8-5-11-25-20(15)21(17)29-23(28)16-6-3-2-4-7-16/h2-12H,1H3,(H,26,27). The number of fused-ring (bicyclic) bond motifs is 1. The molecular formula is C23H15N3O3. The number of nitriles is 1. The number of aromatic amines is 1. The highest BCUT2D eigenvalue weighted by atomic mass is 16.5. The molecule has 0 aliphatic rings. The van der Waals surface area contributed by atoms with Crippen LogP contribution >= 0.6 is 0 Å². The van der Waals surface area contributed by atoms with E-state index in [1.165, 1.54) is 0 Å². The molecule has 0 aliphatic heterocycles. The molecule has 0 aliphatic carbocycles. The topological polar surface area (TPSA) is 95.8 Å². The van der Waals surface area contributed by atoms with Gasteiger partial charge in [0.25, 0.3) is 5.56 Å². The number of H-pyrrole nitrogens is 1. The number of hydrogen-bond acceptors (Lipinski definition) is 5. The Balaban J connectivity index is 1.97. The molecule has 140 valence electrons. The zero-order valence-electron chi connectivity index (χ0n) is 15.5. The van der Waals surface area contributed by atoms with Crippen molar-refractivity contribution in [1.29, 1.82) is 5.26 Å². The van der Waals surface area contributed by atoms with Gasteiger partial charge in [0.2, 0.25) is 0 Å². The van der Waals surface area contributed by atoms with Crippen LogP contribution in [0.25, 0.3) is 22.0 Å². The Hall–Kier alpha value is -4.24. The Morgan fingerprint density at radius 3 is 2.62 bits per heavy atom. The van der Waals surface area contributed by atoms with Crippen LogP contribution in [-0.4, -0.2) is 15.9 Å². The lowest BCUT2D eigenvalue weighted by Gasteiger charge is -2.14. The number of nitrogens with one attached hydrogen (secondary N) is 1. The molecule has 6 nitrogen and oxygen atoms in total. The highest BCUT2D eigenvalue weighted by Gasteiger charge is 2.20. The molecule has 0 fully saturated rings. The molecule has 0 unspecified atom stereocenters. The second kappa shape index (κ2) is 7.41. The minimum absolute atomic E-state index is 0.0529. The Kier molecular flexibility index (Phi) is 4.63. The number of hydrogen-bond donors (Lipinski definition) is 1. The summed E-state index contributed by atoms with van der Waals surface area (Å²) in [6.07, 6.45) is 1.60. The first-order valence-corrected chi connectivity index (χ1v) is 8.88. The van der Waals surface area contributed by atoms with E-state index in [0.717, 1.165) is 5.39 Å². The van der Waals surface area contributed by atoms with E-state index in [2.05, 4.69) is 9.97 Å². The molecule has 0 bridgehead atoms. The SMILES string of the molecule is Cc1cc(-c2ccc3cccnc3c2OC(=O)c2ccccc2)c(C#N)c(=O)[nH]1. The fourth-order valence-corrected chi connectivity index (χ4v) is 3.17. The summed E-state index contributed by atoms with van der Waals surface area (Å²) in [6.45, 7) is 1.72. The predicted octanol–water partition coefficient (Wildman–Crippen LogP) is 3.99. The number of pyridine rings is 2. The van der Waals surface area contributed by atoms with Crippen molar-refractivity contribution < 1.29 is 9.53 Å². The van der Waals surface area contributed by atoms with Crippen LogP contribution in [0.5, 0.6) is 5.75 Å². The van der Waals surface area contributed by atoms with Gasteiger partial charge in [-0.2, -0.15) is 5.26 Å². The zero-order valence-corrected chi connectivity index (χ0v) is 15.5. The van der Waals surface area contributed by atoms with E-state index in [0.29, 0.717) is 27.9 Å². The van der Waals surface area contributed by atoms with E-state index in [9.17, 15) is 14.9 Å². The Morgan fingerprint density at radius 2 is 1.86 bits per heavy atom. The van der Waals surface area contributed by atoms with Crippen molar-refractivity contribution in [2.45, 2.75) is 6.92 Å². The van der Waals surface area contributed by atoms with Crippen molar-refractivity contribution in [3.8, 4) is 22.9 Å². The Morgan fingerprint density at radius 1 is 1.07 bits per heavy atom. The number of esters is 1. The van der Waals surface area contributed by atoms with Crippen LogP contribution in [0.15, 0.2) is 71.7 Å². The largest absolute Gasteiger partial charge is 0.420 e. The third kappa shape index (κ3) is 3.37. The molecule has 29 heavy (non-hydrogen) atoms. The van der Waals surface area contributed by atoms with Gasteiger partial charge in [-0.15, -0.1) is 0 Å². The van der Waals surface area contributed by atoms with Gasteiger partial charge in [0.1, 0.15) is 17.1 Å². The van der Waals surface area contributed by atoms with Crippen molar-refractivity contribution >= 4 is 16.9 Å². The van der Waals surface area contributed by atoms with E-state index in [-0.39, 0.29) is 11.3 Å². The summed E-state index contributed by atoms with van der Waals surface area (Å²) in [5.74, 6) is -0.344. The van der Waals surface area contributed by atoms with E-state index < -0.39 is 11.5 Å². The number of nitrogens with zero attached hydrogens (tertiary/aromatic N) is 2. The quantitative estimate of drug-likeness (QED) is 0.428. The fourth-order valence-electron chi connectivity index (χ4n) is 3.17. The van der Waals surface area contributed by atoms with Crippen LogP contribution in [0.4, 0.5) is 0 Å². The lowest BCUT2D eigenvalue weighted by molar-refractivity contribution is 0.0737. The molecule has 2 aromatic heterocycles. The summed E-state index contributed by atoms with van der Waals surface area (Å²) in [6, 6.07) is 19.4. The number of benzene rings is 2. The molecule has 0 atom stereocenters. The molecule has 0 radical (unpaired) electrons. The number of aromatic nitrogens is 2. The maximum Gasteiger partial charge on any atom is 0.343 e. The average molecular weight is 381 g/mol. The van der Waals surface area contributed by atoms with Crippen molar-refractivity contribution in [3.63, 3.8) is 0 Å². The van der Waals surface area contributed by atoms with Gasteiger partial charge >= 0.3 is 5.97 Å². The summed E-state index contributed by atoms with van der Waals surface area (Å²) in [5, 5.41) is 10.3. The zero-order chi connectivity index (χ0) is 20.4. The maximum atomic E-state index is 12.7. The maximum absolute atomic E-state index is 12.7. The van der Waals surface area contributed by atoms with Crippen molar-refractivity contribution in [1.82, 2.24) is 9.97 Å². The highest BCUT2D eigenvalue weighted by molar-refractivity contribution is 5.98. The van der Waals surface area contributed by atoms with Gasteiger partial charge in [-0.05, 0) is 37.3 Å². The van der Waals surface area contributed by atoms with Gasteiger partial charge < -0.3 is 9.72 Å². The molecule has 0 saturated heterocycles. The monoisotopic (exact) mass is 381 g/mol. The minimum Gasteiger partial charge on any atom is -0.420 e. The smallest absolute Gasteiger partial charge is 0.343 e. The molecule has 0 saturated carbocycles. The first kappa shape index (κ1) is 18.1. The van der Waals surface area contributed by atoms with Crippen molar-refractivity contribution in [2.24, 2.45) is 0 Å². The van der Waals surface area contributed by atoms with Gasteiger partial charge in [-0.25, -0.2) is 4.79 Å². The lowest BCUT2D eigenvalue weighted by atomic mass is 9.98. The molecule has 1 N–H and O–H groups in total. The number of carbonyl (C=O) groups is 1. The summed E-state index contributed by atoms with van der Waals surface area (Å²) in [4.78, 5) is 32.0. The number of ether oxygens (including phenoxy) is 1. The summed E-state index contributed by atoms with van der Waals surface area (Å²) in [7, 11) is 0. The normalized spacial score (nSPS) is 10.5. The minimum atomic E-state index is -0.551. The van der Waals surface area contributed by atoms with E-state index in [1.807, 2.05) is 18.2 Å². The molecule has 4 rings (SSSR count). The fraction of sp³-hybridized carbons (Fsp3) is 0.0435.